The lowest BCUT2D eigenvalue weighted by Crippen LogP contribution is -2.16. The van der Waals surface area contributed by atoms with Gasteiger partial charge < -0.3 is 4.74 Å². The van der Waals surface area contributed by atoms with Gasteiger partial charge in [-0.2, -0.15) is 5.10 Å². The van der Waals surface area contributed by atoms with Crippen LogP contribution in [0.3, 0.4) is 0 Å². The van der Waals surface area contributed by atoms with Crippen LogP contribution in [0.2, 0.25) is 5.02 Å². The molecule has 0 saturated carbocycles. The van der Waals surface area contributed by atoms with Gasteiger partial charge >= 0.3 is 6.09 Å². The standard InChI is InChI=1S/C17H13ClN2O2/c1-22-17(21)20-19-10-15-11-6-2-4-8-13(11)16(18)14-9-5-3-7-12(14)15/h2-10H,1H3,(H,20,21)/b19-10+. The fraction of sp³-hybridized carbons (Fsp3) is 0.0588. The van der Waals surface area contributed by atoms with E-state index < -0.39 is 6.09 Å². The SMILES string of the molecule is COC(=O)N/N=C/c1c2ccccc2c(Cl)c2ccccc12. The highest BCUT2D eigenvalue weighted by Gasteiger charge is 2.10. The number of methoxy groups -OCH3 is 1. The van der Waals surface area contributed by atoms with Gasteiger partial charge in [-0.25, -0.2) is 10.2 Å². The minimum atomic E-state index is -0.612. The van der Waals surface area contributed by atoms with E-state index >= 15 is 0 Å². The molecule has 22 heavy (non-hydrogen) atoms. The number of nitrogens with zero attached hydrogens (tertiary/aromatic N) is 1. The molecule has 0 unspecified atom stereocenters. The maximum absolute atomic E-state index is 11.1. The minimum absolute atomic E-state index is 0.612. The van der Waals surface area contributed by atoms with Crippen LogP contribution >= 0.6 is 11.6 Å². The lowest BCUT2D eigenvalue weighted by atomic mass is 9.97. The summed E-state index contributed by atoms with van der Waals surface area (Å²) in [4.78, 5) is 11.1. The molecule has 0 atom stereocenters. The molecule has 3 aromatic rings. The van der Waals surface area contributed by atoms with Crippen LogP contribution in [0.15, 0.2) is 53.6 Å². The zero-order valence-electron chi connectivity index (χ0n) is 11.8. The van der Waals surface area contributed by atoms with Crippen molar-refractivity contribution in [3.8, 4) is 0 Å². The molecule has 3 aromatic carbocycles. The third-order valence-corrected chi connectivity index (χ3v) is 3.85. The molecule has 0 bridgehead atoms. The third kappa shape index (κ3) is 2.49. The summed E-state index contributed by atoms with van der Waals surface area (Å²) >= 11 is 6.52. The Hall–Kier alpha value is -2.59. The Morgan fingerprint density at radius 1 is 1.05 bits per heavy atom. The minimum Gasteiger partial charge on any atom is -0.452 e. The summed E-state index contributed by atoms with van der Waals surface area (Å²) in [6.07, 6.45) is 0.997. The first-order chi connectivity index (χ1) is 10.7. The second-order valence-electron chi connectivity index (χ2n) is 4.68. The van der Waals surface area contributed by atoms with Crippen LogP contribution in [0.4, 0.5) is 4.79 Å². The number of hydrogen-bond donors (Lipinski definition) is 1. The van der Waals surface area contributed by atoms with Crippen LogP contribution < -0.4 is 5.43 Å². The summed E-state index contributed by atoms with van der Waals surface area (Å²) in [5, 5.41) is 8.50. The summed E-state index contributed by atoms with van der Waals surface area (Å²) in [6, 6.07) is 15.7. The van der Waals surface area contributed by atoms with Gasteiger partial charge in [0.2, 0.25) is 0 Å². The predicted octanol–water partition coefficient (Wildman–Crippen LogP) is 4.34. The molecule has 0 heterocycles. The number of hydrogen-bond acceptors (Lipinski definition) is 3. The lowest BCUT2D eigenvalue weighted by Gasteiger charge is -2.10. The van der Waals surface area contributed by atoms with Crippen molar-refractivity contribution in [2.75, 3.05) is 7.11 Å². The Labute approximate surface area is 132 Å². The molecule has 110 valence electrons. The average molecular weight is 313 g/mol. The molecule has 1 amide bonds. The molecule has 5 heteroatoms. The Bertz CT molecular complexity index is 833. The smallest absolute Gasteiger partial charge is 0.427 e. The maximum atomic E-state index is 11.1. The van der Waals surface area contributed by atoms with Gasteiger partial charge in [0.15, 0.2) is 0 Å². The molecular formula is C17H13ClN2O2. The summed E-state index contributed by atoms with van der Waals surface area (Å²) in [6.45, 7) is 0. The third-order valence-electron chi connectivity index (χ3n) is 3.44. The van der Waals surface area contributed by atoms with E-state index in [1.54, 1.807) is 6.21 Å². The Balaban J connectivity index is 2.25. The number of carbonyl (C=O) groups excluding carboxylic acids is 1. The summed E-state index contributed by atoms with van der Waals surface area (Å²) < 4.78 is 4.50. The molecule has 0 fully saturated rings. The molecule has 0 aliphatic carbocycles. The van der Waals surface area contributed by atoms with Gasteiger partial charge in [0.25, 0.3) is 0 Å². The largest absolute Gasteiger partial charge is 0.452 e. The molecule has 1 N–H and O–H groups in total. The first-order valence-corrected chi connectivity index (χ1v) is 7.06. The zero-order valence-corrected chi connectivity index (χ0v) is 12.6. The van der Waals surface area contributed by atoms with Crippen molar-refractivity contribution in [2.45, 2.75) is 0 Å². The van der Waals surface area contributed by atoms with Crippen molar-refractivity contribution in [3.05, 3.63) is 59.1 Å². The number of ether oxygens (including phenoxy) is 1. The zero-order chi connectivity index (χ0) is 15.5. The lowest BCUT2D eigenvalue weighted by molar-refractivity contribution is 0.171. The van der Waals surface area contributed by atoms with E-state index in [-0.39, 0.29) is 0 Å². The van der Waals surface area contributed by atoms with Crippen LogP contribution in [-0.4, -0.2) is 19.4 Å². The summed E-state index contributed by atoms with van der Waals surface area (Å²) in [7, 11) is 1.29. The molecular weight excluding hydrogens is 300 g/mol. The molecule has 0 aliphatic heterocycles. The number of nitrogens with one attached hydrogen (secondary N) is 1. The fourth-order valence-electron chi connectivity index (χ4n) is 2.44. The van der Waals surface area contributed by atoms with Gasteiger partial charge in [-0.1, -0.05) is 60.1 Å². The highest BCUT2D eigenvalue weighted by Crippen LogP contribution is 2.35. The van der Waals surface area contributed by atoms with Gasteiger partial charge in [-0.15, -0.1) is 0 Å². The number of benzene rings is 3. The van der Waals surface area contributed by atoms with Crippen molar-refractivity contribution in [1.29, 1.82) is 0 Å². The van der Waals surface area contributed by atoms with Crippen molar-refractivity contribution in [3.63, 3.8) is 0 Å². The van der Waals surface area contributed by atoms with Crippen molar-refractivity contribution < 1.29 is 9.53 Å². The first kappa shape index (κ1) is 14.4. The molecule has 0 spiro atoms. The van der Waals surface area contributed by atoms with Crippen molar-refractivity contribution >= 4 is 45.5 Å². The Kier molecular flexibility index (Phi) is 3.94. The van der Waals surface area contributed by atoms with Crippen LogP contribution in [0, 0.1) is 0 Å². The topological polar surface area (TPSA) is 50.7 Å². The quantitative estimate of drug-likeness (QED) is 0.435. The first-order valence-electron chi connectivity index (χ1n) is 6.68. The van der Waals surface area contributed by atoms with Crippen LogP contribution in [0.25, 0.3) is 21.5 Å². The van der Waals surface area contributed by atoms with Gasteiger partial charge in [-0.05, 0) is 10.8 Å². The molecule has 0 aliphatic rings. The number of carbonyl (C=O) groups is 1. The predicted molar refractivity (Wildman–Crippen MR) is 89.6 cm³/mol. The molecule has 0 saturated heterocycles. The number of rotatable bonds is 2. The summed E-state index contributed by atoms with van der Waals surface area (Å²) in [5.41, 5.74) is 3.20. The van der Waals surface area contributed by atoms with E-state index in [9.17, 15) is 4.79 Å². The average Bonchev–Trinajstić information content (AvgIpc) is 2.57. The highest BCUT2D eigenvalue weighted by atomic mass is 35.5. The van der Waals surface area contributed by atoms with E-state index in [1.807, 2.05) is 48.5 Å². The molecule has 3 rings (SSSR count). The van der Waals surface area contributed by atoms with Crippen LogP contribution in [-0.2, 0) is 4.74 Å². The number of amides is 1. The molecule has 0 radical (unpaired) electrons. The number of hydrazone groups is 1. The second kappa shape index (κ2) is 6.03. The highest BCUT2D eigenvalue weighted by molar-refractivity contribution is 6.42. The van der Waals surface area contributed by atoms with Gasteiger partial charge in [0.1, 0.15) is 0 Å². The van der Waals surface area contributed by atoms with E-state index in [2.05, 4.69) is 15.3 Å². The Morgan fingerprint density at radius 3 is 2.05 bits per heavy atom. The van der Waals surface area contributed by atoms with E-state index in [0.717, 1.165) is 27.1 Å². The number of halogens is 1. The van der Waals surface area contributed by atoms with Crippen LogP contribution in [0.1, 0.15) is 5.56 Å². The maximum Gasteiger partial charge on any atom is 0.427 e. The van der Waals surface area contributed by atoms with E-state index in [0.29, 0.717) is 5.02 Å². The normalized spacial score (nSPS) is 11.2. The molecule has 4 nitrogen and oxygen atoms in total. The number of fused-ring (bicyclic) bond motifs is 2. The van der Waals surface area contributed by atoms with Crippen molar-refractivity contribution in [2.24, 2.45) is 5.10 Å². The van der Waals surface area contributed by atoms with Gasteiger partial charge in [0, 0.05) is 16.3 Å². The van der Waals surface area contributed by atoms with Gasteiger partial charge in [-0.3, -0.25) is 0 Å². The molecule has 0 aromatic heterocycles. The second-order valence-corrected chi connectivity index (χ2v) is 5.06. The monoisotopic (exact) mass is 312 g/mol. The fourth-order valence-corrected chi connectivity index (χ4v) is 2.77. The van der Waals surface area contributed by atoms with E-state index in [1.165, 1.54) is 7.11 Å². The van der Waals surface area contributed by atoms with Crippen molar-refractivity contribution in [1.82, 2.24) is 5.43 Å². The van der Waals surface area contributed by atoms with Crippen LogP contribution in [0.5, 0.6) is 0 Å². The van der Waals surface area contributed by atoms with Gasteiger partial charge in [0.05, 0.1) is 18.3 Å². The van der Waals surface area contributed by atoms with E-state index in [4.69, 9.17) is 11.6 Å². The summed E-state index contributed by atoms with van der Waals surface area (Å²) in [5.74, 6) is 0. The Morgan fingerprint density at radius 2 is 1.55 bits per heavy atom.